The van der Waals surface area contributed by atoms with Crippen molar-refractivity contribution in [3.63, 3.8) is 0 Å². The molecule has 0 aliphatic rings. The molecule has 5 heteroatoms. The average molecular weight is 302 g/mol. The van der Waals surface area contributed by atoms with E-state index in [1.54, 1.807) is 26.2 Å². The summed E-state index contributed by atoms with van der Waals surface area (Å²) in [5.41, 5.74) is 0.986. The van der Waals surface area contributed by atoms with Crippen LogP contribution in [0.2, 0.25) is 0 Å². The number of ether oxygens (including phenoxy) is 1. The zero-order valence-electron chi connectivity index (χ0n) is 12.9. The van der Waals surface area contributed by atoms with Crippen LogP contribution in [-0.4, -0.2) is 29.4 Å². The van der Waals surface area contributed by atoms with Gasteiger partial charge in [0.15, 0.2) is 11.6 Å². The molecule has 0 saturated carbocycles. The second kappa shape index (κ2) is 7.02. The maximum atomic E-state index is 13.9. The van der Waals surface area contributed by atoms with E-state index in [0.717, 1.165) is 5.69 Å². The van der Waals surface area contributed by atoms with Crippen molar-refractivity contribution >= 4 is 5.91 Å². The molecule has 0 fully saturated rings. The lowest BCUT2D eigenvalue weighted by atomic mass is 10.1. The number of hydrogen-bond acceptors (Lipinski definition) is 3. The number of amides is 1. The van der Waals surface area contributed by atoms with Crippen molar-refractivity contribution in [1.29, 1.82) is 0 Å². The van der Waals surface area contributed by atoms with Crippen molar-refractivity contribution < 1.29 is 13.9 Å². The van der Waals surface area contributed by atoms with E-state index < -0.39 is 5.82 Å². The van der Waals surface area contributed by atoms with Gasteiger partial charge in [0, 0.05) is 13.2 Å². The summed E-state index contributed by atoms with van der Waals surface area (Å²) in [4.78, 5) is 18.4. The van der Waals surface area contributed by atoms with E-state index in [1.165, 1.54) is 17.0 Å². The minimum absolute atomic E-state index is 0.00456. The molecule has 0 bridgehead atoms. The van der Waals surface area contributed by atoms with Gasteiger partial charge in [-0.25, -0.2) is 4.39 Å². The number of carbonyl (C=O) groups excluding carboxylic acids is 1. The molecule has 0 saturated heterocycles. The standard InChI is InChI=1S/C17H19FN2O2/c1-4-22-16-13(8-7-9-14(16)18)17(21)20(3)12(2)15-10-5-6-11-19-15/h5-12H,4H2,1-3H3/t12-/m1/s1. The van der Waals surface area contributed by atoms with Crippen LogP contribution < -0.4 is 4.74 Å². The molecule has 2 rings (SSSR count). The highest BCUT2D eigenvalue weighted by Gasteiger charge is 2.24. The molecule has 0 aliphatic heterocycles. The van der Waals surface area contributed by atoms with E-state index in [2.05, 4.69) is 4.98 Å². The summed E-state index contributed by atoms with van der Waals surface area (Å²) in [6, 6.07) is 9.66. The van der Waals surface area contributed by atoms with Gasteiger partial charge < -0.3 is 9.64 Å². The first-order chi connectivity index (χ1) is 10.6. The van der Waals surface area contributed by atoms with Crippen LogP contribution in [0.3, 0.4) is 0 Å². The number of hydrogen-bond donors (Lipinski definition) is 0. The van der Waals surface area contributed by atoms with Crippen LogP contribution in [0.4, 0.5) is 4.39 Å². The van der Waals surface area contributed by atoms with Crippen molar-refractivity contribution in [2.24, 2.45) is 0 Å². The third-order valence-corrected chi connectivity index (χ3v) is 3.50. The Kier molecular flexibility index (Phi) is 5.09. The Bertz CT molecular complexity index is 646. The first kappa shape index (κ1) is 15.9. The van der Waals surface area contributed by atoms with Gasteiger partial charge in [-0.05, 0) is 38.1 Å². The molecule has 1 atom stereocenters. The predicted molar refractivity (Wildman–Crippen MR) is 82.3 cm³/mol. The van der Waals surface area contributed by atoms with E-state index in [9.17, 15) is 9.18 Å². The van der Waals surface area contributed by atoms with Crippen molar-refractivity contribution in [3.05, 3.63) is 59.7 Å². The maximum absolute atomic E-state index is 13.9. The molecule has 1 heterocycles. The highest BCUT2D eigenvalue weighted by Crippen LogP contribution is 2.26. The van der Waals surface area contributed by atoms with Gasteiger partial charge in [-0.3, -0.25) is 9.78 Å². The quantitative estimate of drug-likeness (QED) is 0.849. The van der Waals surface area contributed by atoms with Crippen LogP contribution in [0.25, 0.3) is 0 Å². The maximum Gasteiger partial charge on any atom is 0.258 e. The number of aromatic nitrogens is 1. The molecule has 0 N–H and O–H groups in total. The second-order valence-electron chi connectivity index (χ2n) is 4.90. The largest absolute Gasteiger partial charge is 0.490 e. The van der Waals surface area contributed by atoms with Crippen LogP contribution in [0, 0.1) is 5.82 Å². The lowest BCUT2D eigenvalue weighted by molar-refractivity contribution is 0.0734. The lowest BCUT2D eigenvalue weighted by Crippen LogP contribution is -2.30. The summed E-state index contributed by atoms with van der Waals surface area (Å²) < 4.78 is 19.2. The van der Waals surface area contributed by atoms with Gasteiger partial charge in [0.05, 0.1) is 23.9 Å². The Balaban J connectivity index is 2.30. The van der Waals surface area contributed by atoms with Gasteiger partial charge in [-0.15, -0.1) is 0 Å². The number of benzene rings is 1. The topological polar surface area (TPSA) is 42.4 Å². The zero-order valence-corrected chi connectivity index (χ0v) is 12.9. The summed E-state index contributed by atoms with van der Waals surface area (Å²) in [5, 5.41) is 0. The normalized spacial score (nSPS) is 11.8. The summed E-state index contributed by atoms with van der Waals surface area (Å²) in [6.45, 7) is 3.92. The molecule has 1 aromatic heterocycles. The summed E-state index contributed by atoms with van der Waals surface area (Å²) in [5.74, 6) is -0.845. The molecule has 116 valence electrons. The Labute approximate surface area is 129 Å². The second-order valence-corrected chi connectivity index (χ2v) is 4.90. The number of nitrogens with zero attached hydrogens (tertiary/aromatic N) is 2. The Morgan fingerprint density at radius 2 is 2.09 bits per heavy atom. The van der Waals surface area contributed by atoms with Crippen LogP contribution in [0.15, 0.2) is 42.6 Å². The van der Waals surface area contributed by atoms with E-state index >= 15 is 0 Å². The molecule has 0 spiro atoms. The van der Waals surface area contributed by atoms with Crippen LogP contribution >= 0.6 is 0 Å². The van der Waals surface area contributed by atoms with E-state index in [4.69, 9.17) is 4.74 Å². The van der Waals surface area contributed by atoms with Gasteiger partial charge in [0.1, 0.15) is 0 Å². The molecule has 1 amide bonds. The van der Waals surface area contributed by atoms with Crippen molar-refractivity contribution in [2.75, 3.05) is 13.7 Å². The highest BCUT2D eigenvalue weighted by atomic mass is 19.1. The molecular weight excluding hydrogens is 283 g/mol. The Morgan fingerprint density at radius 1 is 1.32 bits per heavy atom. The third-order valence-electron chi connectivity index (χ3n) is 3.50. The zero-order chi connectivity index (χ0) is 16.1. The molecule has 0 aliphatic carbocycles. The Morgan fingerprint density at radius 3 is 2.73 bits per heavy atom. The van der Waals surface area contributed by atoms with Gasteiger partial charge in [0.25, 0.3) is 5.91 Å². The van der Waals surface area contributed by atoms with Gasteiger partial charge >= 0.3 is 0 Å². The summed E-state index contributed by atoms with van der Waals surface area (Å²) >= 11 is 0. The molecule has 2 aromatic rings. The number of rotatable bonds is 5. The van der Waals surface area contributed by atoms with Crippen molar-refractivity contribution in [2.45, 2.75) is 19.9 Å². The first-order valence-electron chi connectivity index (χ1n) is 7.15. The van der Waals surface area contributed by atoms with Crippen molar-refractivity contribution in [3.8, 4) is 5.75 Å². The smallest absolute Gasteiger partial charge is 0.258 e. The van der Waals surface area contributed by atoms with Crippen molar-refractivity contribution in [1.82, 2.24) is 9.88 Å². The monoisotopic (exact) mass is 302 g/mol. The van der Waals surface area contributed by atoms with E-state index in [0.29, 0.717) is 6.61 Å². The average Bonchev–Trinajstić information content (AvgIpc) is 2.55. The van der Waals surface area contributed by atoms with Crippen LogP contribution in [0.1, 0.15) is 35.9 Å². The molecule has 1 aromatic carbocycles. The number of halogens is 1. The van der Waals surface area contributed by atoms with Gasteiger partial charge in [-0.1, -0.05) is 12.1 Å². The number of pyridine rings is 1. The van der Waals surface area contributed by atoms with Crippen LogP contribution in [0.5, 0.6) is 5.75 Å². The SMILES string of the molecule is CCOc1c(F)cccc1C(=O)N(C)[C@H](C)c1ccccn1. The number of carbonyl (C=O) groups is 1. The molecule has 22 heavy (non-hydrogen) atoms. The summed E-state index contributed by atoms with van der Waals surface area (Å²) in [6.07, 6.45) is 1.68. The minimum atomic E-state index is -0.536. The van der Waals surface area contributed by atoms with Gasteiger partial charge in [-0.2, -0.15) is 0 Å². The fourth-order valence-electron chi connectivity index (χ4n) is 2.16. The van der Waals surface area contributed by atoms with E-state index in [-0.39, 0.29) is 23.3 Å². The lowest BCUT2D eigenvalue weighted by Gasteiger charge is -2.25. The molecule has 0 unspecified atom stereocenters. The van der Waals surface area contributed by atoms with Crippen LogP contribution in [-0.2, 0) is 0 Å². The fraction of sp³-hybridized carbons (Fsp3) is 0.294. The molecular formula is C17H19FN2O2. The highest BCUT2D eigenvalue weighted by molar-refractivity contribution is 5.97. The van der Waals surface area contributed by atoms with Gasteiger partial charge in [0.2, 0.25) is 0 Å². The summed E-state index contributed by atoms with van der Waals surface area (Å²) in [7, 11) is 1.67. The Hall–Kier alpha value is -2.43. The fourth-order valence-corrected chi connectivity index (χ4v) is 2.16. The molecule has 4 nitrogen and oxygen atoms in total. The predicted octanol–water partition coefficient (Wildman–Crippen LogP) is 3.45. The minimum Gasteiger partial charge on any atom is -0.490 e. The first-order valence-corrected chi connectivity index (χ1v) is 7.15. The number of para-hydroxylation sites is 1. The van der Waals surface area contributed by atoms with E-state index in [1.807, 2.05) is 25.1 Å². The third kappa shape index (κ3) is 3.24. The molecule has 0 radical (unpaired) electrons.